The van der Waals surface area contributed by atoms with Crippen molar-refractivity contribution in [2.24, 2.45) is 0 Å². The van der Waals surface area contributed by atoms with E-state index in [1.807, 2.05) is 12.3 Å². The minimum absolute atomic E-state index is 0.0801. The van der Waals surface area contributed by atoms with E-state index in [-0.39, 0.29) is 30.5 Å². The number of carbonyl (C=O) groups is 2. The Labute approximate surface area is 142 Å². The van der Waals surface area contributed by atoms with Crippen molar-refractivity contribution in [3.05, 3.63) is 40.9 Å². The number of ether oxygens (including phenoxy) is 1. The molecule has 1 amide bonds. The monoisotopic (exact) mass is 344 g/mol. The lowest BCUT2D eigenvalue weighted by molar-refractivity contribution is -0.116. The lowest BCUT2D eigenvalue weighted by Crippen LogP contribution is -2.14. The molecule has 0 aliphatic carbocycles. The Morgan fingerprint density at radius 3 is 2.67 bits per heavy atom. The zero-order valence-corrected chi connectivity index (χ0v) is 14.1. The quantitative estimate of drug-likeness (QED) is 0.695. The Morgan fingerprint density at radius 1 is 1.25 bits per heavy atom. The van der Waals surface area contributed by atoms with Crippen LogP contribution in [-0.4, -0.2) is 33.4 Å². The number of hydrogen-bond donors (Lipinski definition) is 1. The molecule has 0 aliphatic rings. The Bertz CT molecular complexity index is 883. The molecule has 0 saturated carbocycles. The number of ketones is 1. The van der Waals surface area contributed by atoms with E-state index < -0.39 is 0 Å². The number of amides is 1. The van der Waals surface area contributed by atoms with Crippen LogP contribution in [0.1, 0.15) is 28.9 Å². The largest absolute Gasteiger partial charge is 0.497 e. The van der Waals surface area contributed by atoms with Crippen LogP contribution in [0.4, 0.5) is 5.95 Å². The second-order valence-electron chi connectivity index (χ2n) is 5.21. The second kappa shape index (κ2) is 6.79. The number of aryl methyl sites for hydroxylation is 1. The number of methoxy groups -OCH3 is 1. The zero-order chi connectivity index (χ0) is 17.1. The molecule has 8 heteroatoms. The minimum atomic E-state index is -0.284. The van der Waals surface area contributed by atoms with Gasteiger partial charge in [-0.1, -0.05) is 0 Å². The van der Waals surface area contributed by atoms with Crippen molar-refractivity contribution < 1.29 is 14.3 Å². The molecule has 124 valence electrons. The number of carbonyl (C=O) groups excluding carboxylic acids is 2. The summed E-state index contributed by atoms with van der Waals surface area (Å²) in [6.07, 6.45) is 0.204. The summed E-state index contributed by atoms with van der Waals surface area (Å²) in [6, 6.07) is 6.81. The SMILES string of the molecule is COc1ccc(C(=O)CCC(=O)Nc2nc3scc(C)n3n2)cc1. The average molecular weight is 344 g/mol. The fraction of sp³-hybridized carbons (Fsp3) is 0.250. The summed E-state index contributed by atoms with van der Waals surface area (Å²) in [4.78, 5) is 29.0. The van der Waals surface area contributed by atoms with Crippen LogP contribution in [-0.2, 0) is 4.79 Å². The van der Waals surface area contributed by atoms with E-state index in [9.17, 15) is 9.59 Å². The molecule has 0 saturated heterocycles. The molecular formula is C16H16N4O3S. The second-order valence-corrected chi connectivity index (χ2v) is 6.04. The summed E-state index contributed by atoms with van der Waals surface area (Å²) in [6.45, 7) is 1.91. The molecule has 7 nitrogen and oxygen atoms in total. The normalized spacial score (nSPS) is 10.8. The van der Waals surface area contributed by atoms with Crippen LogP contribution < -0.4 is 10.1 Å². The number of nitrogens with zero attached hydrogens (tertiary/aromatic N) is 3. The van der Waals surface area contributed by atoms with Crippen LogP contribution >= 0.6 is 11.3 Å². The molecule has 1 N–H and O–H groups in total. The lowest BCUT2D eigenvalue weighted by atomic mass is 10.1. The highest BCUT2D eigenvalue weighted by atomic mass is 32.1. The molecule has 2 aromatic heterocycles. The Hall–Kier alpha value is -2.74. The van der Waals surface area contributed by atoms with E-state index in [1.54, 1.807) is 35.9 Å². The first-order valence-corrected chi connectivity index (χ1v) is 8.23. The molecule has 0 atom stereocenters. The van der Waals surface area contributed by atoms with E-state index in [0.29, 0.717) is 11.3 Å². The van der Waals surface area contributed by atoms with E-state index >= 15 is 0 Å². The van der Waals surface area contributed by atoms with E-state index in [0.717, 1.165) is 10.7 Å². The predicted molar refractivity (Wildman–Crippen MR) is 90.8 cm³/mol. The van der Waals surface area contributed by atoms with Gasteiger partial charge in [-0.3, -0.25) is 14.9 Å². The number of anilines is 1. The van der Waals surface area contributed by atoms with E-state index in [2.05, 4.69) is 15.4 Å². The predicted octanol–water partition coefficient (Wildman–Crippen LogP) is 2.71. The maximum absolute atomic E-state index is 12.1. The van der Waals surface area contributed by atoms with Gasteiger partial charge >= 0.3 is 0 Å². The molecule has 0 aliphatic heterocycles. The molecule has 2 heterocycles. The van der Waals surface area contributed by atoms with Crippen molar-refractivity contribution in [1.82, 2.24) is 14.6 Å². The molecule has 0 spiro atoms. The molecule has 0 bridgehead atoms. The number of aromatic nitrogens is 3. The molecular weight excluding hydrogens is 328 g/mol. The summed E-state index contributed by atoms with van der Waals surface area (Å²) < 4.78 is 6.72. The van der Waals surface area contributed by atoms with Gasteiger partial charge in [0, 0.05) is 23.8 Å². The van der Waals surface area contributed by atoms with Crippen LogP contribution in [0.3, 0.4) is 0 Å². The topological polar surface area (TPSA) is 85.6 Å². The molecule has 3 aromatic rings. The van der Waals surface area contributed by atoms with Crippen LogP contribution in [0, 0.1) is 6.92 Å². The van der Waals surface area contributed by atoms with Crippen LogP contribution in [0.5, 0.6) is 5.75 Å². The minimum Gasteiger partial charge on any atom is -0.497 e. The number of benzene rings is 1. The van der Waals surface area contributed by atoms with Gasteiger partial charge in [-0.2, -0.15) is 4.98 Å². The lowest BCUT2D eigenvalue weighted by Gasteiger charge is -2.03. The van der Waals surface area contributed by atoms with Gasteiger partial charge < -0.3 is 4.74 Å². The summed E-state index contributed by atoms with van der Waals surface area (Å²) in [7, 11) is 1.57. The maximum Gasteiger partial charge on any atom is 0.250 e. The Kier molecular flexibility index (Phi) is 4.57. The smallest absolute Gasteiger partial charge is 0.250 e. The average Bonchev–Trinajstić information content (AvgIpc) is 3.14. The number of thiazole rings is 1. The van der Waals surface area contributed by atoms with Gasteiger partial charge in [-0.15, -0.1) is 16.4 Å². The van der Waals surface area contributed by atoms with Gasteiger partial charge in [-0.05, 0) is 31.2 Å². The van der Waals surface area contributed by atoms with Gasteiger partial charge in [0.2, 0.25) is 16.8 Å². The highest BCUT2D eigenvalue weighted by molar-refractivity contribution is 7.15. The van der Waals surface area contributed by atoms with E-state index in [4.69, 9.17) is 4.74 Å². The number of rotatable bonds is 6. The Balaban J connectivity index is 1.55. The highest BCUT2D eigenvalue weighted by Gasteiger charge is 2.13. The summed E-state index contributed by atoms with van der Waals surface area (Å²) in [5.74, 6) is 0.562. The third-order valence-corrected chi connectivity index (χ3v) is 4.42. The zero-order valence-electron chi connectivity index (χ0n) is 13.3. The molecule has 1 aromatic carbocycles. The van der Waals surface area contributed by atoms with Crippen molar-refractivity contribution in [3.63, 3.8) is 0 Å². The van der Waals surface area contributed by atoms with Crippen molar-refractivity contribution in [2.45, 2.75) is 19.8 Å². The van der Waals surface area contributed by atoms with Gasteiger partial charge in [0.1, 0.15) is 5.75 Å². The van der Waals surface area contributed by atoms with Gasteiger partial charge in [-0.25, -0.2) is 4.52 Å². The van der Waals surface area contributed by atoms with Crippen LogP contribution in [0.15, 0.2) is 29.6 Å². The third-order valence-electron chi connectivity index (χ3n) is 3.49. The number of fused-ring (bicyclic) bond motifs is 1. The first-order chi connectivity index (χ1) is 11.6. The van der Waals surface area contributed by atoms with Crippen molar-refractivity contribution in [2.75, 3.05) is 12.4 Å². The molecule has 0 fully saturated rings. The summed E-state index contributed by atoms with van der Waals surface area (Å²) >= 11 is 1.45. The van der Waals surface area contributed by atoms with Crippen molar-refractivity contribution >= 4 is 33.9 Å². The number of hydrogen-bond acceptors (Lipinski definition) is 6. The van der Waals surface area contributed by atoms with Gasteiger partial charge in [0.25, 0.3) is 0 Å². The maximum atomic E-state index is 12.1. The first-order valence-electron chi connectivity index (χ1n) is 7.35. The molecule has 0 unspecified atom stereocenters. The highest BCUT2D eigenvalue weighted by Crippen LogP contribution is 2.16. The Morgan fingerprint density at radius 2 is 2.00 bits per heavy atom. The number of nitrogens with one attached hydrogen (secondary N) is 1. The standard InChI is InChI=1S/C16H16N4O3S/c1-10-9-24-16-18-15(19-20(10)16)17-14(22)8-7-13(21)11-3-5-12(23-2)6-4-11/h3-6,9H,7-8H2,1-2H3,(H,17,19,22). The number of Topliss-reactive ketones (excluding diaryl/α,β-unsaturated/α-hetero) is 1. The summed E-state index contributed by atoms with van der Waals surface area (Å²) in [5, 5.41) is 8.76. The van der Waals surface area contributed by atoms with Gasteiger partial charge in [0.15, 0.2) is 5.78 Å². The summed E-state index contributed by atoms with van der Waals surface area (Å²) in [5.41, 5.74) is 1.51. The van der Waals surface area contributed by atoms with Gasteiger partial charge in [0.05, 0.1) is 12.8 Å². The third kappa shape index (κ3) is 3.43. The van der Waals surface area contributed by atoms with E-state index in [1.165, 1.54) is 11.3 Å². The van der Waals surface area contributed by atoms with Crippen LogP contribution in [0.25, 0.3) is 4.96 Å². The fourth-order valence-corrected chi connectivity index (χ4v) is 2.98. The molecule has 24 heavy (non-hydrogen) atoms. The fourth-order valence-electron chi connectivity index (χ4n) is 2.18. The van der Waals surface area contributed by atoms with Crippen molar-refractivity contribution in [1.29, 1.82) is 0 Å². The van der Waals surface area contributed by atoms with Crippen LogP contribution in [0.2, 0.25) is 0 Å². The molecule has 0 radical (unpaired) electrons. The van der Waals surface area contributed by atoms with Crippen molar-refractivity contribution in [3.8, 4) is 5.75 Å². The first kappa shape index (κ1) is 16.1. The molecule has 3 rings (SSSR count).